The monoisotopic (exact) mass is 494 g/mol. The van der Waals surface area contributed by atoms with E-state index in [9.17, 15) is 19.2 Å². The van der Waals surface area contributed by atoms with Crippen LogP contribution < -0.4 is 10.6 Å². The van der Waals surface area contributed by atoms with Gasteiger partial charge in [-0.15, -0.1) is 0 Å². The van der Waals surface area contributed by atoms with Crippen molar-refractivity contribution in [3.05, 3.63) is 34.9 Å². The second-order valence-corrected chi connectivity index (χ2v) is 9.93. The fourth-order valence-corrected chi connectivity index (χ4v) is 4.91. The SMILES string of the molecule is CCOC(=O)[C@H]1C2C(NC(=O)c3ccc(Cl)cc3)CC(NC(=O)OC(C)(C)C)(C(=O)OCC)C21. The first-order valence-electron chi connectivity index (χ1n) is 11.3. The zero-order valence-corrected chi connectivity index (χ0v) is 20.7. The summed E-state index contributed by atoms with van der Waals surface area (Å²) in [4.78, 5) is 51.5. The average Bonchev–Trinajstić information content (AvgIpc) is 3.41. The molecule has 3 rings (SSSR count). The molecule has 34 heavy (non-hydrogen) atoms. The van der Waals surface area contributed by atoms with Gasteiger partial charge in [0.1, 0.15) is 11.1 Å². The normalized spacial score (nSPS) is 27.2. The highest BCUT2D eigenvalue weighted by Crippen LogP contribution is 2.63. The lowest BCUT2D eigenvalue weighted by atomic mass is 9.88. The molecule has 2 N–H and O–H groups in total. The summed E-state index contributed by atoms with van der Waals surface area (Å²) >= 11 is 5.91. The van der Waals surface area contributed by atoms with Crippen LogP contribution in [0.5, 0.6) is 0 Å². The summed E-state index contributed by atoms with van der Waals surface area (Å²) in [5.41, 5.74) is -1.97. The van der Waals surface area contributed by atoms with E-state index in [1.54, 1.807) is 58.9 Å². The molecule has 10 heteroatoms. The number of hydrogen-bond acceptors (Lipinski definition) is 7. The molecule has 2 aliphatic rings. The van der Waals surface area contributed by atoms with Gasteiger partial charge in [-0.3, -0.25) is 9.59 Å². The Bertz CT molecular complexity index is 959. The zero-order chi connectivity index (χ0) is 25.3. The molecule has 2 saturated carbocycles. The van der Waals surface area contributed by atoms with Crippen molar-refractivity contribution in [1.82, 2.24) is 10.6 Å². The van der Waals surface area contributed by atoms with E-state index < -0.39 is 53.0 Å². The Morgan fingerprint density at radius 3 is 2.24 bits per heavy atom. The number of nitrogens with one attached hydrogen (secondary N) is 2. The van der Waals surface area contributed by atoms with Crippen LogP contribution in [0.15, 0.2) is 24.3 Å². The third kappa shape index (κ3) is 5.29. The minimum atomic E-state index is -1.54. The number of benzene rings is 1. The summed E-state index contributed by atoms with van der Waals surface area (Å²) in [7, 11) is 0. The first-order valence-corrected chi connectivity index (χ1v) is 11.7. The quantitative estimate of drug-likeness (QED) is 0.441. The van der Waals surface area contributed by atoms with Gasteiger partial charge >= 0.3 is 18.0 Å². The van der Waals surface area contributed by atoms with E-state index in [2.05, 4.69) is 10.6 Å². The van der Waals surface area contributed by atoms with Crippen molar-refractivity contribution in [3.8, 4) is 0 Å². The van der Waals surface area contributed by atoms with Crippen LogP contribution in [0.2, 0.25) is 5.02 Å². The van der Waals surface area contributed by atoms with E-state index in [1.807, 2.05) is 0 Å². The standard InChI is InChI=1S/C24H31ClN2O7/c1-6-32-20(29)17-16-15(26-19(28)13-8-10-14(25)11-9-13)12-24(18(16)17,21(30)33-7-2)27-22(31)34-23(3,4)5/h8-11,15-18H,6-7,12H2,1-5H3,(H,26,28)(H,27,31)/t15?,16?,17-,18?,24?/m0/s1. The number of alkyl carbamates (subject to hydrolysis) is 1. The summed E-state index contributed by atoms with van der Waals surface area (Å²) in [5.74, 6) is -3.23. The fraction of sp³-hybridized carbons (Fsp3) is 0.583. The van der Waals surface area contributed by atoms with Gasteiger partial charge in [0.25, 0.3) is 5.91 Å². The molecule has 0 spiro atoms. The first-order chi connectivity index (χ1) is 15.9. The van der Waals surface area contributed by atoms with Crippen molar-refractivity contribution < 1.29 is 33.4 Å². The zero-order valence-electron chi connectivity index (χ0n) is 20.0. The second-order valence-electron chi connectivity index (χ2n) is 9.49. The van der Waals surface area contributed by atoms with Crippen LogP contribution in [-0.2, 0) is 23.8 Å². The molecule has 0 saturated heterocycles. The molecule has 0 aliphatic heterocycles. The number of halogens is 1. The Hall–Kier alpha value is -2.81. The van der Waals surface area contributed by atoms with E-state index in [0.29, 0.717) is 10.6 Å². The molecule has 0 heterocycles. The van der Waals surface area contributed by atoms with E-state index in [-0.39, 0.29) is 25.5 Å². The van der Waals surface area contributed by atoms with E-state index in [1.165, 1.54) is 0 Å². The van der Waals surface area contributed by atoms with Gasteiger partial charge < -0.3 is 24.8 Å². The fourth-order valence-electron chi connectivity index (χ4n) is 4.78. The van der Waals surface area contributed by atoms with Crippen LogP contribution in [0.25, 0.3) is 0 Å². The minimum absolute atomic E-state index is 0.0512. The Balaban J connectivity index is 1.92. The van der Waals surface area contributed by atoms with Gasteiger partial charge in [0.15, 0.2) is 0 Å². The van der Waals surface area contributed by atoms with Crippen molar-refractivity contribution in [3.63, 3.8) is 0 Å². The predicted octanol–water partition coefficient (Wildman–Crippen LogP) is 3.09. The first kappa shape index (κ1) is 25.8. The summed E-state index contributed by atoms with van der Waals surface area (Å²) in [5, 5.41) is 6.10. The molecule has 0 bridgehead atoms. The van der Waals surface area contributed by atoms with Gasteiger partial charge in [0.05, 0.1) is 19.1 Å². The van der Waals surface area contributed by atoms with Crippen molar-refractivity contribution in [2.24, 2.45) is 17.8 Å². The molecule has 9 nitrogen and oxygen atoms in total. The lowest BCUT2D eigenvalue weighted by Crippen LogP contribution is -2.59. The Morgan fingerprint density at radius 1 is 1.06 bits per heavy atom. The topological polar surface area (TPSA) is 120 Å². The van der Waals surface area contributed by atoms with Crippen molar-refractivity contribution in [1.29, 1.82) is 0 Å². The molecule has 2 amide bonds. The summed E-state index contributed by atoms with van der Waals surface area (Å²) in [6, 6.07) is 5.77. The maximum Gasteiger partial charge on any atom is 0.408 e. The highest BCUT2D eigenvalue weighted by atomic mass is 35.5. The number of carbonyl (C=O) groups excluding carboxylic acids is 4. The Kier molecular flexibility index (Phi) is 7.45. The lowest BCUT2D eigenvalue weighted by Gasteiger charge is -2.33. The van der Waals surface area contributed by atoms with Gasteiger partial charge in [0, 0.05) is 29.0 Å². The van der Waals surface area contributed by atoms with Gasteiger partial charge in [0.2, 0.25) is 0 Å². The van der Waals surface area contributed by atoms with Crippen molar-refractivity contribution in [2.75, 3.05) is 13.2 Å². The molecular weight excluding hydrogens is 464 g/mol. The maximum absolute atomic E-state index is 13.2. The van der Waals surface area contributed by atoms with Crippen LogP contribution in [-0.4, -0.2) is 54.3 Å². The second kappa shape index (κ2) is 9.82. The van der Waals surface area contributed by atoms with Crippen molar-refractivity contribution in [2.45, 2.75) is 58.2 Å². The van der Waals surface area contributed by atoms with Crippen LogP contribution in [0.3, 0.4) is 0 Å². The van der Waals surface area contributed by atoms with Gasteiger partial charge in [-0.2, -0.15) is 0 Å². The van der Waals surface area contributed by atoms with Gasteiger partial charge in [-0.1, -0.05) is 11.6 Å². The van der Waals surface area contributed by atoms with E-state index in [0.717, 1.165) is 0 Å². The third-order valence-electron chi connectivity index (χ3n) is 6.00. The Labute approximate surface area is 203 Å². The molecule has 0 aromatic heterocycles. The maximum atomic E-state index is 13.2. The molecule has 1 aromatic carbocycles. The number of fused-ring (bicyclic) bond motifs is 1. The number of esters is 2. The molecule has 2 fully saturated rings. The summed E-state index contributed by atoms with van der Waals surface area (Å²) in [6.07, 6.45) is -0.756. The van der Waals surface area contributed by atoms with Gasteiger partial charge in [-0.05, 0) is 64.8 Å². The summed E-state index contributed by atoms with van der Waals surface area (Å²) < 4.78 is 15.9. The number of amides is 2. The van der Waals surface area contributed by atoms with Crippen molar-refractivity contribution >= 4 is 35.5 Å². The third-order valence-corrected chi connectivity index (χ3v) is 6.25. The van der Waals surface area contributed by atoms with E-state index in [4.69, 9.17) is 25.8 Å². The number of carbonyl (C=O) groups is 4. The molecule has 186 valence electrons. The number of ether oxygens (including phenoxy) is 3. The lowest BCUT2D eigenvalue weighted by molar-refractivity contribution is -0.153. The number of rotatable bonds is 7. The van der Waals surface area contributed by atoms with Gasteiger partial charge in [-0.25, -0.2) is 9.59 Å². The summed E-state index contributed by atoms with van der Waals surface area (Å²) in [6.45, 7) is 8.70. The molecule has 4 unspecified atom stereocenters. The average molecular weight is 495 g/mol. The van der Waals surface area contributed by atoms with Crippen LogP contribution in [0, 0.1) is 17.8 Å². The molecule has 0 radical (unpaired) electrons. The minimum Gasteiger partial charge on any atom is -0.466 e. The molecule has 1 aromatic rings. The molecular formula is C24H31ClN2O7. The van der Waals surface area contributed by atoms with E-state index >= 15 is 0 Å². The highest BCUT2D eigenvalue weighted by molar-refractivity contribution is 6.30. The Morgan fingerprint density at radius 2 is 1.68 bits per heavy atom. The van der Waals surface area contributed by atoms with Crippen LogP contribution in [0.1, 0.15) is 51.4 Å². The highest BCUT2D eigenvalue weighted by Gasteiger charge is 2.76. The largest absolute Gasteiger partial charge is 0.466 e. The van der Waals surface area contributed by atoms with Crippen LogP contribution >= 0.6 is 11.6 Å². The van der Waals surface area contributed by atoms with Crippen LogP contribution in [0.4, 0.5) is 4.79 Å². The smallest absolute Gasteiger partial charge is 0.408 e. The molecule has 5 atom stereocenters. The molecule has 2 aliphatic carbocycles. The predicted molar refractivity (Wildman–Crippen MR) is 123 cm³/mol. The number of hydrogen-bond donors (Lipinski definition) is 2.